The van der Waals surface area contributed by atoms with Gasteiger partial charge in [-0.05, 0) is 35.6 Å². The van der Waals surface area contributed by atoms with Crippen molar-refractivity contribution in [1.82, 2.24) is 4.98 Å². The first-order chi connectivity index (χ1) is 9.83. The van der Waals surface area contributed by atoms with Crippen LogP contribution < -0.4 is 0 Å². The van der Waals surface area contributed by atoms with Crippen molar-refractivity contribution in [2.24, 2.45) is 0 Å². The second kappa shape index (κ2) is 6.16. The number of ether oxygens (including phenoxy) is 1. The second-order valence-electron chi connectivity index (χ2n) is 5.26. The summed E-state index contributed by atoms with van der Waals surface area (Å²) in [5.74, 6) is 0. The zero-order valence-corrected chi connectivity index (χ0v) is 11.4. The quantitative estimate of drug-likeness (QED) is 0.928. The van der Waals surface area contributed by atoms with Crippen LogP contribution in [0.25, 0.3) is 0 Å². The Morgan fingerprint density at radius 2 is 2.15 bits per heavy atom. The monoisotopic (exact) mass is 269 g/mol. The summed E-state index contributed by atoms with van der Waals surface area (Å²) in [4.78, 5) is 4.08. The molecule has 3 rings (SSSR count). The van der Waals surface area contributed by atoms with Crippen LogP contribution in [0.2, 0.25) is 0 Å². The van der Waals surface area contributed by atoms with Gasteiger partial charge >= 0.3 is 0 Å². The first-order valence-electron chi connectivity index (χ1n) is 7.09. The van der Waals surface area contributed by atoms with Crippen LogP contribution in [0, 0.1) is 0 Å². The average molecular weight is 269 g/mol. The van der Waals surface area contributed by atoms with E-state index in [9.17, 15) is 5.11 Å². The molecule has 0 aliphatic carbocycles. The fourth-order valence-electron chi connectivity index (χ4n) is 2.79. The van der Waals surface area contributed by atoms with Gasteiger partial charge in [0.1, 0.15) is 0 Å². The first kappa shape index (κ1) is 13.3. The lowest BCUT2D eigenvalue weighted by Gasteiger charge is -2.27. The number of nitrogens with zero attached hydrogens (tertiary/aromatic N) is 1. The molecule has 104 valence electrons. The number of pyridine rings is 1. The summed E-state index contributed by atoms with van der Waals surface area (Å²) in [6, 6.07) is 12.2. The predicted octanol–water partition coefficient (Wildman–Crippen LogP) is 2.69. The molecule has 3 heteroatoms. The van der Waals surface area contributed by atoms with Gasteiger partial charge < -0.3 is 9.84 Å². The predicted molar refractivity (Wildman–Crippen MR) is 77.4 cm³/mol. The van der Waals surface area contributed by atoms with Gasteiger partial charge in [-0.1, -0.05) is 30.3 Å². The minimum Gasteiger partial charge on any atom is -0.393 e. The summed E-state index contributed by atoms with van der Waals surface area (Å²) < 4.78 is 5.84. The third-order valence-corrected chi connectivity index (χ3v) is 3.77. The number of benzene rings is 1. The van der Waals surface area contributed by atoms with Gasteiger partial charge in [-0.3, -0.25) is 4.98 Å². The van der Waals surface area contributed by atoms with E-state index in [-0.39, 0.29) is 6.10 Å². The van der Waals surface area contributed by atoms with Crippen LogP contribution in [0.4, 0.5) is 0 Å². The van der Waals surface area contributed by atoms with Gasteiger partial charge in [0.25, 0.3) is 0 Å². The minimum atomic E-state index is -0.407. The summed E-state index contributed by atoms with van der Waals surface area (Å²) in [6.07, 6.45) is 5.37. The molecular formula is C17H19NO2. The van der Waals surface area contributed by atoms with E-state index in [1.807, 2.05) is 18.2 Å². The van der Waals surface area contributed by atoms with E-state index in [1.54, 1.807) is 12.4 Å². The van der Waals surface area contributed by atoms with Crippen molar-refractivity contribution in [3.63, 3.8) is 0 Å². The highest BCUT2D eigenvalue weighted by Gasteiger charge is 2.23. The van der Waals surface area contributed by atoms with E-state index in [2.05, 4.69) is 23.2 Å². The van der Waals surface area contributed by atoms with E-state index >= 15 is 0 Å². The first-order valence-corrected chi connectivity index (χ1v) is 7.09. The van der Waals surface area contributed by atoms with Gasteiger partial charge in [-0.25, -0.2) is 0 Å². The molecule has 2 heterocycles. The molecule has 1 aromatic heterocycles. The Labute approximate surface area is 119 Å². The number of hydrogen-bond donors (Lipinski definition) is 1. The van der Waals surface area contributed by atoms with Crippen LogP contribution in [0.5, 0.6) is 0 Å². The molecule has 1 aromatic carbocycles. The van der Waals surface area contributed by atoms with Crippen LogP contribution in [-0.4, -0.2) is 22.8 Å². The Hall–Kier alpha value is -1.71. The lowest BCUT2D eigenvalue weighted by atomic mass is 9.93. The molecule has 0 radical (unpaired) electrons. The zero-order valence-electron chi connectivity index (χ0n) is 11.4. The molecule has 2 aromatic rings. The number of aromatic nitrogens is 1. The lowest BCUT2D eigenvalue weighted by molar-refractivity contribution is 0.00455. The summed E-state index contributed by atoms with van der Waals surface area (Å²) in [5.41, 5.74) is 3.63. The third kappa shape index (κ3) is 3.06. The Morgan fingerprint density at radius 1 is 1.25 bits per heavy atom. The molecule has 2 atom stereocenters. The molecule has 3 nitrogen and oxygen atoms in total. The van der Waals surface area contributed by atoms with Crippen LogP contribution in [0.3, 0.4) is 0 Å². The smallest absolute Gasteiger partial charge is 0.0852 e. The Kier molecular flexibility index (Phi) is 4.09. The van der Waals surface area contributed by atoms with Crippen molar-refractivity contribution in [3.8, 4) is 0 Å². The second-order valence-corrected chi connectivity index (χ2v) is 5.26. The molecule has 20 heavy (non-hydrogen) atoms. The number of rotatable bonds is 4. The van der Waals surface area contributed by atoms with Crippen molar-refractivity contribution in [2.45, 2.75) is 31.5 Å². The molecule has 0 saturated heterocycles. The third-order valence-electron chi connectivity index (χ3n) is 3.77. The van der Waals surface area contributed by atoms with Gasteiger partial charge in [-0.15, -0.1) is 0 Å². The number of fused-ring (bicyclic) bond motifs is 1. The van der Waals surface area contributed by atoms with Crippen molar-refractivity contribution in [3.05, 3.63) is 65.5 Å². The average Bonchev–Trinajstić information content (AvgIpc) is 2.48. The van der Waals surface area contributed by atoms with E-state index in [0.29, 0.717) is 12.8 Å². The molecule has 0 saturated carbocycles. The highest BCUT2D eigenvalue weighted by atomic mass is 16.5. The largest absolute Gasteiger partial charge is 0.393 e. The fraction of sp³-hybridized carbons (Fsp3) is 0.353. The van der Waals surface area contributed by atoms with Crippen LogP contribution >= 0.6 is 0 Å². The maximum absolute atomic E-state index is 10.3. The van der Waals surface area contributed by atoms with Crippen molar-refractivity contribution in [2.75, 3.05) is 6.61 Å². The molecule has 1 aliphatic heterocycles. The zero-order chi connectivity index (χ0) is 13.8. The molecule has 0 bridgehead atoms. The van der Waals surface area contributed by atoms with Crippen LogP contribution in [0.15, 0.2) is 48.8 Å². The Bertz CT molecular complexity index is 556. The maximum Gasteiger partial charge on any atom is 0.0852 e. The molecule has 1 N–H and O–H groups in total. The van der Waals surface area contributed by atoms with Gasteiger partial charge in [0.15, 0.2) is 0 Å². The molecule has 2 unspecified atom stereocenters. The van der Waals surface area contributed by atoms with Crippen LogP contribution in [-0.2, 0) is 17.6 Å². The normalized spacial score (nSPS) is 19.4. The van der Waals surface area contributed by atoms with Crippen LogP contribution in [0.1, 0.15) is 29.2 Å². The van der Waals surface area contributed by atoms with Gasteiger partial charge in [0.05, 0.1) is 18.8 Å². The van der Waals surface area contributed by atoms with Gasteiger partial charge in [0, 0.05) is 18.8 Å². The molecule has 0 fully saturated rings. The van der Waals surface area contributed by atoms with E-state index in [0.717, 1.165) is 18.6 Å². The number of aliphatic hydroxyl groups excluding tert-OH is 1. The van der Waals surface area contributed by atoms with E-state index < -0.39 is 6.10 Å². The van der Waals surface area contributed by atoms with Gasteiger partial charge in [0.2, 0.25) is 0 Å². The van der Waals surface area contributed by atoms with Crippen molar-refractivity contribution < 1.29 is 9.84 Å². The summed E-state index contributed by atoms with van der Waals surface area (Å²) in [5, 5.41) is 10.3. The summed E-state index contributed by atoms with van der Waals surface area (Å²) in [6.45, 7) is 0.737. The maximum atomic E-state index is 10.3. The van der Waals surface area contributed by atoms with E-state index in [1.165, 1.54) is 11.1 Å². The minimum absolute atomic E-state index is 0.00613. The fourth-order valence-corrected chi connectivity index (χ4v) is 2.79. The SMILES string of the molecule is OC(Cc1cccnc1)CC1OCCc2ccccc21. The highest BCUT2D eigenvalue weighted by molar-refractivity contribution is 5.31. The molecular weight excluding hydrogens is 250 g/mol. The Morgan fingerprint density at radius 3 is 3.00 bits per heavy atom. The van der Waals surface area contributed by atoms with Crippen molar-refractivity contribution in [1.29, 1.82) is 0 Å². The number of hydrogen-bond acceptors (Lipinski definition) is 3. The molecule has 1 aliphatic rings. The molecule has 0 spiro atoms. The number of aliphatic hydroxyl groups is 1. The summed E-state index contributed by atoms with van der Waals surface area (Å²) >= 11 is 0. The standard InChI is InChI=1S/C17H19NO2/c19-15(10-13-4-3-8-18-12-13)11-17-16-6-2-1-5-14(16)7-9-20-17/h1-6,8,12,15,17,19H,7,9-11H2. The highest BCUT2D eigenvalue weighted by Crippen LogP contribution is 2.30. The van der Waals surface area contributed by atoms with Gasteiger partial charge in [-0.2, -0.15) is 0 Å². The van der Waals surface area contributed by atoms with Crippen molar-refractivity contribution >= 4 is 0 Å². The topological polar surface area (TPSA) is 42.4 Å². The summed E-state index contributed by atoms with van der Waals surface area (Å²) in [7, 11) is 0. The van der Waals surface area contributed by atoms with E-state index in [4.69, 9.17) is 4.74 Å². The lowest BCUT2D eigenvalue weighted by Crippen LogP contribution is -2.22. The Balaban J connectivity index is 1.66. The molecule has 0 amide bonds.